The highest BCUT2D eigenvalue weighted by atomic mass is 16.3. The molecule has 1 fully saturated rings. The van der Waals surface area contributed by atoms with Crippen LogP contribution in [0.2, 0.25) is 0 Å². The standard InChI is InChI=1S/C13H20O4/c1-12(2)6-8(15)5-9-11(12)10(16)3-4-13(9,17)7-14/h3-4,8-9,11,14-15,17H,5-7H2,1-2H3/t8-,9?,11-,13-/m0/s1. The van der Waals surface area contributed by atoms with Gasteiger partial charge in [-0.1, -0.05) is 13.8 Å². The molecule has 2 aliphatic carbocycles. The lowest BCUT2D eigenvalue weighted by atomic mass is 9.55. The fourth-order valence-electron chi connectivity index (χ4n) is 3.49. The Morgan fingerprint density at radius 3 is 2.71 bits per heavy atom. The van der Waals surface area contributed by atoms with Gasteiger partial charge < -0.3 is 15.3 Å². The number of aliphatic hydroxyl groups excluding tert-OH is 2. The normalized spacial score (nSPS) is 44.5. The molecule has 0 radical (unpaired) electrons. The van der Waals surface area contributed by atoms with Crippen molar-refractivity contribution in [3.63, 3.8) is 0 Å². The van der Waals surface area contributed by atoms with Crippen LogP contribution in [0, 0.1) is 17.3 Å². The second kappa shape index (κ2) is 3.90. The van der Waals surface area contributed by atoms with Gasteiger partial charge in [-0.2, -0.15) is 0 Å². The van der Waals surface area contributed by atoms with Crippen molar-refractivity contribution in [3.05, 3.63) is 12.2 Å². The summed E-state index contributed by atoms with van der Waals surface area (Å²) in [6, 6.07) is 0. The zero-order valence-electron chi connectivity index (χ0n) is 10.3. The van der Waals surface area contributed by atoms with E-state index >= 15 is 0 Å². The summed E-state index contributed by atoms with van der Waals surface area (Å²) in [5, 5.41) is 29.6. The van der Waals surface area contributed by atoms with Gasteiger partial charge in [-0.25, -0.2) is 0 Å². The van der Waals surface area contributed by atoms with E-state index in [0.717, 1.165) is 0 Å². The van der Waals surface area contributed by atoms with Gasteiger partial charge in [0, 0.05) is 11.8 Å². The third-order valence-electron chi connectivity index (χ3n) is 4.27. The first-order valence-electron chi connectivity index (χ1n) is 6.04. The number of aliphatic hydroxyl groups is 3. The van der Waals surface area contributed by atoms with Crippen LogP contribution < -0.4 is 0 Å². The minimum atomic E-state index is -1.38. The first kappa shape index (κ1) is 12.7. The SMILES string of the molecule is CC1(C)C[C@@H](O)CC2[C@H]1C(=O)C=C[C@]2(O)CO. The average molecular weight is 240 g/mol. The maximum absolute atomic E-state index is 12.0. The molecule has 2 aliphatic rings. The van der Waals surface area contributed by atoms with Gasteiger partial charge in [0.2, 0.25) is 0 Å². The Morgan fingerprint density at radius 2 is 2.12 bits per heavy atom. The van der Waals surface area contributed by atoms with Crippen molar-refractivity contribution in [1.29, 1.82) is 0 Å². The van der Waals surface area contributed by atoms with Crippen LogP contribution in [0.5, 0.6) is 0 Å². The lowest BCUT2D eigenvalue weighted by Gasteiger charge is -2.51. The minimum absolute atomic E-state index is 0.00924. The van der Waals surface area contributed by atoms with E-state index in [1.54, 1.807) is 0 Å². The molecule has 0 aliphatic heterocycles. The maximum Gasteiger partial charge on any atom is 0.159 e. The van der Waals surface area contributed by atoms with E-state index < -0.39 is 24.2 Å². The fraction of sp³-hybridized carbons (Fsp3) is 0.769. The minimum Gasteiger partial charge on any atom is -0.393 e. The van der Waals surface area contributed by atoms with E-state index in [1.165, 1.54) is 12.2 Å². The molecule has 96 valence electrons. The number of allylic oxidation sites excluding steroid dienone is 1. The number of carbonyl (C=O) groups is 1. The van der Waals surface area contributed by atoms with Crippen molar-refractivity contribution in [2.24, 2.45) is 17.3 Å². The molecule has 3 N–H and O–H groups in total. The van der Waals surface area contributed by atoms with Gasteiger partial charge in [0.1, 0.15) is 5.60 Å². The van der Waals surface area contributed by atoms with Crippen LogP contribution in [-0.4, -0.2) is 39.4 Å². The number of hydrogen-bond donors (Lipinski definition) is 3. The number of ketones is 1. The second-order valence-corrected chi connectivity index (χ2v) is 6.05. The number of fused-ring (bicyclic) bond motifs is 1. The molecule has 0 heterocycles. The van der Waals surface area contributed by atoms with Crippen LogP contribution in [0.3, 0.4) is 0 Å². The Morgan fingerprint density at radius 1 is 1.47 bits per heavy atom. The van der Waals surface area contributed by atoms with Gasteiger partial charge in [0.25, 0.3) is 0 Å². The molecule has 0 saturated heterocycles. The monoisotopic (exact) mass is 240 g/mol. The molecular weight excluding hydrogens is 220 g/mol. The van der Waals surface area contributed by atoms with Gasteiger partial charge in [-0.15, -0.1) is 0 Å². The molecule has 2 rings (SSSR count). The highest BCUT2D eigenvalue weighted by Gasteiger charge is 2.54. The third-order valence-corrected chi connectivity index (χ3v) is 4.27. The quantitative estimate of drug-likeness (QED) is 0.614. The predicted molar refractivity (Wildman–Crippen MR) is 62.2 cm³/mol. The smallest absolute Gasteiger partial charge is 0.159 e. The Hall–Kier alpha value is -0.710. The zero-order chi connectivity index (χ0) is 12.8. The molecule has 0 aromatic rings. The van der Waals surface area contributed by atoms with Crippen LogP contribution in [0.4, 0.5) is 0 Å². The van der Waals surface area contributed by atoms with Crippen molar-refractivity contribution < 1.29 is 20.1 Å². The molecule has 4 atom stereocenters. The van der Waals surface area contributed by atoms with Crippen molar-refractivity contribution in [3.8, 4) is 0 Å². The summed E-state index contributed by atoms with van der Waals surface area (Å²) in [5.74, 6) is -0.734. The first-order chi connectivity index (χ1) is 7.80. The molecule has 4 heteroatoms. The molecular formula is C13H20O4. The van der Waals surface area contributed by atoms with E-state index in [-0.39, 0.29) is 17.1 Å². The Balaban J connectivity index is 2.44. The molecule has 0 bridgehead atoms. The summed E-state index contributed by atoms with van der Waals surface area (Å²) in [7, 11) is 0. The lowest BCUT2D eigenvalue weighted by molar-refractivity contribution is -0.149. The highest BCUT2D eigenvalue weighted by Crippen LogP contribution is 2.50. The molecule has 17 heavy (non-hydrogen) atoms. The predicted octanol–water partition coefficient (Wildman–Crippen LogP) is 0.262. The molecule has 4 nitrogen and oxygen atoms in total. The van der Waals surface area contributed by atoms with E-state index in [2.05, 4.69) is 0 Å². The van der Waals surface area contributed by atoms with E-state index in [0.29, 0.717) is 12.8 Å². The van der Waals surface area contributed by atoms with Crippen LogP contribution in [0.1, 0.15) is 26.7 Å². The van der Waals surface area contributed by atoms with Gasteiger partial charge in [0.15, 0.2) is 5.78 Å². The summed E-state index contributed by atoms with van der Waals surface area (Å²) < 4.78 is 0. The summed E-state index contributed by atoms with van der Waals surface area (Å²) in [4.78, 5) is 12.0. The fourth-order valence-corrected chi connectivity index (χ4v) is 3.49. The Kier molecular flexibility index (Phi) is 2.92. The van der Waals surface area contributed by atoms with Crippen LogP contribution in [0.15, 0.2) is 12.2 Å². The van der Waals surface area contributed by atoms with Crippen LogP contribution >= 0.6 is 0 Å². The molecule has 0 aromatic heterocycles. The summed E-state index contributed by atoms with van der Waals surface area (Å²) in [6.45, 7) is 3.45. The van der Waals surface area contributed by atoms with Crippen LogP contribution in [0.25, 0.3) is 0 Å². The van der Waals surface area contributed by atoms with Gasteiger partial charge in [-0.3, -0.25) is 4.79 Å². The lowest BCUT2D eigenvalue weighted by Crippen LogP contribution is -2.56. The van der Waals surface area contributed by atoms with Crippen molar-refractivity contribution in [2.45, 2.75) is 38.4 Å². The van der Waals surface area contributed by atoms with Gasteiger partial charge >= 0.3 is 0 Å². The van der Waals surface area contributed by atoms with Crippen LogP contribution in [-0.2, 0) is 4.79 Å². The Bertz CT molecular complexity index is 360. The van der Waals surface area contributed by atoms with Gasteiger partial charge in [-0.05, 0) is 30.4 Å². The molecule has 0 aromatic carbocycles. The number of hydrogen-bond acceptors (Lipinski definition) is 4. The van der Waals surface area contributed by atoms with E-state index in [4.69, 9.17) is 0 Å². The zero-order valence-corrected chi connectivity index (χ0v) is 10.3. The molecule has 0 amide bonds. The largest absolute Gasteiger partial charge is 0.393 e. The average Bonchev–Trinajstić information content (AvgIpc) is 2.21. The van der Waals surface area contributed by atoms with E-state index in [9.17, 15) is 20.1 Å². The topological polar surface area (TPSA) is 77.8 Å². The van der Waals surface area contributed by atoms with Gasteiger partial charge in [0.05, 0.1) is 12.7 Å². The second-order valence-electron chi connectivity index (χ2n) is 6.05. The Labute approximate surface area is 101 Å². The maximum atomic E-state index is 12.0. The summed E-state index contributed by atoms with van der Waals surface area (Å²) in [5.41, 5.74) is -1.73. The van der Waals surface area contributed by atoms with Crippen molar-refractivity contribution in [2.75, 3.05) is 6.61 Å². The summed E-state index contributed by atoms with van der Waals surface area (Å²) >= 11 is 0. The third kappa shape index (κ3) is 1.94. The summed E-state index contributed by atoms with van der Waals surface area (Å²) in [6.07, 6.45) is 3.14. The van der Waals surface area contributed by atoms with Crippen molar-refractivity contribution >= 4 is 5.78 Å². The highest BCUT2D eigenvalue weighted by molar-refractivity contribution is 5.94. The van der Waals surface area contributed by atoms with Crippen molar-refractivity contribution in [1.82, 2.24) is 0 Å². The number of carbonyl (C=O) groups excluding carboxylic acids is 1. The van der Waals surface area contributed by atoms with E-state index in [1.807, 2.05) is 13.8 Å². The number of rotatable bonds is 1. The first-order valence-corrected chi connectivity index (χ1v) is 6.04. The molecule has 1 saturated carbocycles. The molecule has 1 unspecified atom stereocenters. The molecule has 0 spiro atoms.